The fourth-order valence-electron chi connectivity index (χ4n) is 1.94. The second-order valence-corrected chi connectivity index (χ2v) is 4.91. The van der Waals surface area contributed by atoms with E-state index in [1.165, 1.54) is 7.11 Å². The number of halogens is 1. The van der Waals surface area contributed by atoms with Gasteiger partial charge in [0.15, 0.2) is 0 Å². The Morgan fingerprint density at radius 3 is 2.63 bits per heavy atom. The van der Waals surface area contributed by atoms with Gasteiger partial charge in [0.25, 0.3) is 0 Å². The Labute approximate surface area is 119 Å². The molecule has 106 valence electrons. The van der Waals surface area contributed by atoms with E-state index in [4.69, 9.17) is 16.3 Å². The molecule has 0 aromatic heterocycles. The second-order valence-electron chi connectivity index (χ2n) is 4.53. The predicted octanol–water partition coefficient (Wildman–Crippen LogP) is 3.85. The van der Waals surface area contributed by atoms with Crippen LogP contribution in [0.25, 0.3) is 0 Å². The van der Waals surface area contributed by atoms with E-state index in [0.29, 0.717) is 19.4 Å². The van der Waals surface area contributed by atoms with Crippen LogP contribution in [0.1, 0.15) is 36.5 Å². The SMILES string of the molecule is CCCOc1cc(C)c(Cl)c(C)c1CCC(=O)OC. The molecule has 4 heteroatoms. The van der Waals surface area contributed by atoms with E-state index in [1.54, 1.807) is 0 Å². The van der Waals surface area contributed by atoms with Gasteiger partial charge >= 0.3 is 5.97 Å². The highest BCUT2D eigenvalue weighted by Gasteiger charge is 2.14. The minimum absolute atomic E-state index is 0.225. The summed E-state index contributed by atoms with van der Waals surface area (Å²) in [5, 5.41) is 0.740. The van der Waals surface area contributed by atoms with Gasteiger partial charge in [-0.1, -0.05) is 18.5 Å². The molecule has 0 fully saturated rings. The predicted molar refractivity (Wildman–Crippen MR) is 77.0 cm³/mol. The number of methoxy groups -OCH3 is 1. The molecule has 0 saturated heterocycles. The van der Waals surface area contributed by atoms with Crippen molar-refractivity contribution >= 4 is 17.6 Å². The van der Waals surface area contributed by atoms with Gasteiger partial charge in [-0.25, -0.2) is 0 Å². The molecule has 0 aliphatic carbocycles. The van der Waals surface area contributed by atoms with E-state index >= 15 is 0 Å². The highest BCUT2D eigenvalue weighted by atomic mass is 35.5. The third-order valence-corrected chi connectivity index (χ3v) is 3.62. The number of aryl methyl sites for hydroxylation is 1. The normalized spacial score (nSPS) is 10.4. The van der Waals surface area contributed by atoms with Gasteiger partial charge in [-0.15, -0.1) is 0 Å². The molecule has 0 spiro atoms. The number of rotatable bonds is 6. The van der Waals surface area contributed by atoms with Crippen molar-refractivity contribution < 1.29 is 14.3 Å². The Hall–Kier alpha value is -1.22. The molecular weight excluding hydrogens is 264 g/mol. The van der Waals surface area contributed by atoms with Gasteiger partial charge < -0.3 is 9.47 Å². The zero-order valence-corrected chi connectivity index (χ0v) is 12.8. The van der Waals surface area contributed by atoms with Crippen LogP contribution in [-0.4, -0.2) is 19.7 Å². The molecule has 0 heterocycles. The fourth-order valence-corrected chi connectivity index (χ4v) is 2.11. The Kier molecular flexibility index (Phi) is 6.16. The second kappa shape index (κ2) is 7.39. The summed E-state index contributed by atoms with van der Waals surface area (Å²) in [7, 11) is 1.39. The maximum atomic E-state index is 11.3. The van der Waals surface area contributed by atoms with E-state index in [9.17, 15) is 4.79 Å². The van der Waals surface area contributed by atoms with Gasteiger partial charge in [0.05, 0.1) is 13.7 Å². The van der Waals surface area contributed by atoms with Crippen molar-refractivity contribution in [1.29, 1.82) is 0 Å². The minimum atomic E-state index is -0.225. The highest BCUT2D eigenvalue weighted by Crippen LogP contribution is 2.32. The number of hydrogen-bond acceptors (Lipinski definition) is 3. The molecule has 19 heavy (non-hydrogen) atoms. The van der Waals surface area contributed by atoms with Crippen molar-refractivity contribution in [3.63, 3.8) is 0 Å². The molecule has 3 nitrogen and oxygen atoms in total. The van der Waals surface area contributed by atoms with Crippen LogP contribution in [-0.2, 0) is 16.0 Å². The number of benzene rings is 1. The lowest BCUT2D eigenvalue weighted by molar-refractivity contribution is -0.140. The summed E-state index contributed by atoms with van der Waals surface area (Å²) in [5.74, 6) is 0.600. The summed E-state index contributed by atoms with van der Waals surface area (Å²) in [6, 6.07) is 1.94. The zero-order valence-electron chi connectivity index (χ0n) is 12.0. The first-order valence-electron chi connectivity index (χ1n) is 6.49. The molecule has 0 N–H and O–H groups in total. The van der Waals surface area contributed by atoms with Gasteiger partial charge in [0, 0.05) is 11.4 Å². The van der Waals surface area contributed by atoms with Gasteiger partial charge in [0.1, 0.15) is 5.75 Å². The highest BCUT2D eigenvalue weighted by molar-refractivity contribution is 6.32. The monoisotopic (exact) mass is 284 g/mol. The lowest BCUT2D eigenvalue weighted by Crippen LogP contribution is -2.06. The van der Waals surface area contributed by atoms with Gasteiger partial charge in [-0.2, -0.15) is 0 Å². The number of carbonyl (C=O) groups excluding carboxylic acids is 1. The molecule has 0 unspecified atom stereocenters. The molecule has 0 atom stereocenters. The Morgan fingerprint density at radius 1 is 1.37 bits per heavy atom. The molecule has 0 bridgehead atoms. The summed E-state index contributed by atoms with van der Waals surface area (Å²) >= 11 is 6.27. The Balaban J connectivity index is 3.03. The molecule has 0 amide bonds. The van der Waals surface area contributed by atoms with E-state index in [-0.39, 0.29) is 5.97 Å². The zero-order chi connectivity index (χ0) is 14.4. The number of hydrogen-bond donors (Lipinski definition) is 0. The van der Waals surface area contributed by atoms with Crippen LogP contribution in [0.2, 0.25) is 5.02 Å². The topological polar surface area (TPSA) is 35.5 Å². The van der Waals surface area contributed by atoms with Crippen molar-refractivity contribution in [2.45, 2.75) is 40.0 Å². The van der Waals surface area contributed by atoms with Gasteiger partial charge in [-0.05, 0) is 49.4 Å². The van der Waals surface area contributed by atoms with Crippen LogP contribution in [0.5, 0.6) is 5.75 Å². The van der Waals surface area contributed by atoms with Crippen LogP contribution < -0.4 is 4.74 Å². The van der Waals surface area contributed by atoms with Crippen molar-refractivity contribution in [3.8, 4) is 5.75 Å². The molecule has 1 aromatic carbocycles. The van der Waals surface area contributed by atoms with E-state index in [2.05, 4.69) is 11.7 Å². The minimum Gasteiger partial charge on any atom is -0.493 e. The summed E-state index contributed by atoms with van der Waals surface area (Å²) in [5.41, 5.74) is 2.97. The average molecular weight is 285 g/mol. The standard InChI is InChI=1S/C15H21ClO3/c1-5-8-19-13-9-10(2)15(16)11(3)12(13)6-7-14(17)18-4/h9H,5-8H2,1-4H3. The van der Waals surface area contributed by atoms with Crippen LogP contribution in [0, 0.1) is 13.8 Å². The van der Waals surface area contributed by atoms with Crippen molar-refractivity contribution in [2.24, 2.45) is 0 Å². The Bertz CT molecular complexity index is 455. The molecule has 0 aliphatic heterocycles. The lowest BCUT2D eigenvalue weighted by atomic mass is 10.00. The van der Waals surface area contributed by atoms with Crippen molar-refractivity contribution in [3.05, 3.63) is 27.8 Å². The van der Waals surface area contributed by atoms with Gasteiger partial charge in [0.2, 0.25) is 0 Å². The summed E-state index contributed by atoms with van der Waals surface area (Å²) in [6.07, 6.45) is 1.86. The molecule has 0 saturated carbocycles. The van der Waals surface area contributed by atoms with Crippen molar-refractivity contribution in [2.75, 3.05) is 13.7 Å². The summed E-state index contributed by atoms with van der Waals surface area (Å²) in [6.45, 7) is 6.63. The number of esters is 1. The molecule has 1 rings (SSSR count). The third-order valence-electron chi connectivity index (χ3n) is 3.04. The summed E-state index contributed by atoms with van der Waals surface area (Å²) < 4.78 is 10.4. The summed E-state index contributed by atoms with van der Waals surface area (Å²) in [4.78, 5) is 11.3. The van der Waals surface area contributed by atoms with E-state index in [0.717, 1.165) is 33.9 Å². The number of ether oxygens (including phenoxy) is 2. The maximum absolute atomic E-state index is 11.3. The fraction of sp³-hybridized carbons (Fsp3) is 0.533. The number of carbonyl (C=O) groups is 1. The van der Waals surface area contributed by atoms with Crippen LogP contribution in [0.3, 0.4) is 0 Å². The first kappa shape index (κ1) is 15.8. The van der Waals surface area contributed by atoms with Crippen LogP contribution >= 0.6 is 11.6 Å². The molecule has 1 aromatic rings. The molecule has 0 aliphatic rings. The smallest absolute Gasteiger partial charge is 0.305 e. The van der Waals surface area contributed by atoms with Crippen LogP contribution in [0.15, 0.2) is 6.07 Å². The molecule has 0 radical (unpaired) electrons. The largest absolute Gasteiger partial charge is 0.493 e. The quantitative estimate of drug-likeness (QED) is 0.744. The van der Waals surface area contributed by atoms with Crippen molar-refractivity contribution in [1.82, 2.24) is 0 Å². The van der Waals surface area contributed by atoms with Crippen LogP contribution in [0.4, 0.5) is 0 Å². The third kappa shape index (κ3) is 4.13. The van der Waals surface area contributed by atoms with E-state index in [1.807, 2.05) is 19.9 Å². The van der Waals surface area contributed by atoms with E-state index < -0.39 is 0 Å². The first-order chi connectivity index (χ1) is 9.01. The lowest BCUT2D eigenvalue weighted by Gasteiger charge is -2.16. The van der Waals surface area contributed by atoms with Gasteiger partial charge in [-0.3, -0.25) is 4.79 Å². The first-order valence-corrected chi connectivity index (χ1v) is 6.87. The average Bonchev–Trinajstić information content (AvgIpc) is 2.41. The maximum Gasteiger partial charge on any atom is 0.305 e. The molecular formula is C15H21ClO3. The Morgan fingerprint density at radius 2 is 2.05 bits per heavy atom.